The molecule has 4 rings (SSSR count). The number of para-hydroxylation sites is 1. The largest absolute Gasteiger partial charge is 0.487 e. The van der Waals surface area contributed by atoms with Crippen molar-refractivity contribution in [3.05, 3.63) is 99.2 Å². The van der Waals surface area contributed by atoms with Gasteiger partial charge >= 0.3 is 6.03 Å². The number of amides is 2. The smallest absolute Gasteiger partial charge is 0.315 e. The Morgan fingerprint density at radius 2 is 1.86 bits per heavy atom. The lowest BCUT2D eigenvalue weighted by Gasteiger charge is -2.18. The van der Waals surface area contributed by atoms with Crippen molar-refractivity contribution in [1.82, 2.24) is 15.6 Å². The van der Waals surface area contributed by atoms with Crippen LogP contribution in [0.1, 0.15) is 35.2 Å². The average Bonchev–Trinajstić information content (AvgIpc) is 2.86. The van der Waals surface area contributed by atoms with Crippen LogP contribution in [0.15, 0.2) is 66.7 Å². The Hall–Kier alpha value is -3.48. The van der Waals surface area contributed by atoms with Gasteiger partial charge in [-0.2, -0.15) is 0 Å². The molecule has 0 saturated carbocycles. The lowest BCUT2D eigenvalue weighted by atomic mass is 9.99. The maximum absolute atomic E-state index is 12.3. The number of nitrogens with zero attached hydrogens (tertiary/aromatic N) is 1. The number of nitrogens with two attached hydrogens (primary N) is 1. The topological polar surface area (TPSA) is 89.3 Å². The van der Waals surface area contributed by atoms with Crippen molar-refractivity contribution in [2.45, 2.75) is 32.9 Å². The van der Waals surface area contributed by atoms with Crippen LogP contribution in [-0.4, -0.2) is 17.6 Å². The number of anilines is 1. The highest BCUT2D eigenvalue weighted by Gasteiger charge is 2.17. The van der Waals surface area contributed by atoms with Gasteiger partial charge in [0.15, 0.2) is 0 Å². The van der Waals surface area contributed by atoms with Gasteiger partial charge in [-0.25, -0.2) is 9.78 Å². The predicted octanol–water partition coefficient (Wildman–Crippen LogP) is 6.61. The number of nitrogens with one attached hydrogen (secondary N) is 2. The van der Waals surface area contributed by atoms with E-state index in [2.05, 4.69) is 15.6 Å². The molecule has 1 heterocycles. The number of fused-ring (bicyclic) bond motifs is 1. The zero-order valence-electron chi connectivity index (χ0n) is 20.1. The van der Waals surface area contributed by atoms with E-state index < -0.39 is 0 Å². The Morgan fingerprint density at radius 1 is 1.06 bits per heavy atom. The molecule has 1 unspecified atom stereocenters. The average molecular weight is 523 g/mol. The van der Waals surface area contributed by atoms with E-state index in [0.717, 1.165) is 27.7 Å². The molecule has 8 heteroatoms. The number of nitrogen functional groups attached to an aromatic ring is 1. The van der Waals surface area contributed by atoms with Gasteiger partial charge in [0.2, 0.25) is 0 Å². The maximum Gasteiger partial charge on any atom is 0.315 e. The molecule has 0 bridgehead atoms. The third-order valence-corrected chi connectivity index (χ3v) is 6.71. The van der Waals surface area contributed by atoms with Crippen LogP contribution in [-0.2, 0) is 13.2 Å². The molecule has 2 amide bonds. The summed E-state index contributed by atoms with van der Waals surface area (Å²) >= 11 is 13.3. The second-order valence-corrected chi connectivity index (χ2v) is 9.49. The number of halogens is 2. The van der Waals surface area contributed by atoms with E-state index in [1.807, 2.05) is 74.5 Å². The summed E-state index contributed by atoms with van der Waals surface area (Å²) < 4.78 is 6.12. The first-order chi connectivity index (χ1) is 17.3. The third-order valence-electron chi connectivity index (χ3n) is 5.91. The highest BCUT2D eigenvalue weighted by atomic mass is 35.5. The predicted molar refractivity (Wildman–Crippen MR) is 147 cm³/mol. The van der Waals surface area contributed by atoms with Crippen LogP contribution in [0.3, 0.4) is 0 Å². The minimum absolute atomic E-state index is 0.0477. The minimum Gasteiger partial charge on any atom is -0.487 e. The number of ether oxygens (including phenoxy) is 1. The number of benzene rings is 3. The summed E-state index contributed by atoms with van der Waals surface area (Å²) in [6.07, 6.45) is 0. The van der Waals surface area contributed by atoms with E-state index in [-0.39, 0.29) is 18.6 Å². The molecule has 0 aliphatic heterocycles. The summed E-state index contributed by atoms with van der Waals surface area (Å²) in [5.41, 5.74) is 10.7. The van der Waals surface area contributed by atoms with Crippen molar-refractivity contribution in [3.63, 3.8) is 0 Å². The summed E-state index contributed by atoms with van der Waals surface area (Å²) in [4.78, 5) is 16.9. The number of hydrogen-bond acceptors (Lipinski definition) is 4. The van der Waals surface area contributed by atoms with Crippen LogP contribution in [0.2, 0.25) is 10.0 Å². The number of rotatable bonds is 8. The number of pyridine rings is 1. The van der Waals surface area contributed by atoms with Gasteiger partial charge in [0.05, 0.1) is 5.02 Å². The molecule has 0 saturated heterocycles. The first kappa shape index (κ1) is 25.6. The molecule has 186 valence electrons. The molecule has 0 aliphatic carbocycles. The molecule has 1 atom stereocenters. The number of aryl methyl sites for hydroxylation is 1. The van der Waals surface area contributed by atoms with E-state index >= 15 is 0 Å². The number of carbonyl (C=O) groups excluding carboxylic acids is 1. The van der Waals surface area contributed by atoms with Gasteiger partial charge in [-0.15, -0.1) is 0 Å². The zero-order chi connectivity index (χ0) is 25.7. The Bertz CT molecular complexity index is 1390. The van der Waals surface area contributed by atoms with Gasteiger partial charge in [0.1, 0.15) is 17.9 Å². The van der Waals surface area contributed by atoms with E-state index in [1.165, 1.54) is 0 Å². The van der Waals surface area contributed by atoms with Gasteiger partial charge in [-0.3, -0.25) is 0 Å². The van der Waals surface area contributed by atoms with E-state index in [4.69, 9.17) is 33.7 Å². The molecule has 0 fully saturated rings. The molecule has 6 nitrogen and oxygen atoms in total. The standard InChI is InChI=1S/C28H28Cl2N4O2/c1-17(14-32-28(35)33-15-19-5-3-7-21(31)13-19)22-11-12-24(29)23(26(22)30)16-36-25-8-4-6-20-10-9-18(2)34-27(20)25/h3-13,17H,14-16,31H2,1-2H3,(H2,32,33,35). The van der Waals surface area contributed by atoms with Crippen LogP contribution in [0.5, 0.6) is 5.75 Å². The molecular weight excluding hydrogens is 495 g/mol. The fourth-order valence-corrected chi connectivity index (χ4v) is 4.58. The monoisotopic (exact) mass is 522 g/mol. The molecule has 0 aliphatic rings. The van der Waals surface area contributed by atoms with E-state index in [9.17, 15) is 4.79 Å². The Labute approximate surface area is 220 Å². The molecule has 36 heavy (non-hydrogen) atoms. The fraction of sp³-hybridized carbons (Fsp3) is 0.214. The lowest BCUT2D eigenvalue weighted by Crippen LogP contribution is -2.37. The highest BCUT2D eigenvalue weighted by Crippen LogP contribution is 2.34. The van der Waals surface area contributed by atoms with Crippen molar-refractivity contribution < 1.29 is 9.53 Å². The molecular formula is C28H28Cl2N4O2. The molecule has 3 aromatic carbocycles. The van der Waals surface area contributed by atoms with Crippen molar-refractivity contribution in [3.8, 4) is 5.75 Å². The van der Waals surface area contributed by atoms with Crippen LogP contribution >= 0.6 is 23.2 Å². The van der Waals surface area contributed by atoms with Gasteiger partial charge < -0.3 is 21.1 Å². The van der Waals surface area contributed by atoms with Crippen molar-refractivity contribution in [2.24, 2.45) is 0 Å². The zero-order valence-corrected chi connectivity index (χ0v) is 21.7. The van der Waals surface area contributed by atoms with E-state index in [1.54, 1.807) is 6.07 Å². The first-order valence-corrected chi connectivity index (χ1v) is 12.4. The Balaban J connectivity index is 1.40. The van der Waals surface area contributed by atoms with Crippen LogP contribution in [0.4, 0.5) is 10.5 Å². The summed E-state index contributed by atoms with van der Waals surface area (Å²) in [7, 11) is 0. The highest BCUT2D eigenvalue weighted by molar-refractivity contribution is 6.36. The van der Waals surface area contributed by atoms with Crippen molar-refractivity contribution in [2.75, 3.05) is 12.3 Å². The maximum atomic E-state index is 12.3. The number of aromatic nitrogens is 1. The van der Waals surface area contributed by atoms with Crippen LogP contribution in [0.25, 0.3) is 10.9 Å². The van der Waals surface area contributed by atoms with Crippen molar-refractivity contribution >= 4 is 45.8 Å². The molecule has 4 aromatic rings. The second-order valence-electron chi connectivity index (χ2n) is 8.71. The second kappa shape index (κ2) is 11.5. The molecule has 1 aromatic heterocycles. The normalized spacial score (nSPS) is 11.8. The SMILES string of the molecule is Cc1ccc2cccc(OCc3c(Cl)ccc(C(C)CNC(=O)NCc4cccc(N)c4)c3Cl)c2n1. The fourth-order valence-electron chi connectivity index (χ4n) is 3.92. The number of hydrogen-bond donors (Lipinski definition) is 3. The van der Waals surface area contributed by atoms with E-state index in [0.29, 0.717) is 40.1 Å². The van der Waals surface area contributed by atoms with Crippen molar-refractivity contribution in [1.29, 1.82) is 0 Å². The van der Waals surface area contributed by atoms with Crippen LogP contribution < -0.4 is 21.1 Å². The summed E-state index contributed by atoms with van der Waals surface area (Å²) in [5, 5.41) is 7.79. The summed E-state index contributed by atoms with van der Waals surface area (Å²) in [6.45, 7) is 4.92. The molecule has 4 N–H and O–H groups in total. The van der Waals surface area contributed by atoms with Gasteiger partial charge in [-0.05, 0) is 54.3 Å². The number of carbonyl (C=O) groups is 1. The molecule has 0 spiro atoms. The van der Waals surface area contributed by atoms with Gasteiger partial charge in [0, 0.05) is 40.4 Å². The first-order valence-electron chi connectivity index (χ1n) is 11.6. The summed E-state index contributed by atoms with van der Waals surface area (Å²) in [6, 6.07) is 20.6. The summed E-state index contributed by atoms with van der Waals surface area (Å²) in [5.74, 6) is 0.619. The minimum atomic E-state index is -0.267. The third kappa shape index (κ3) is 6.20. The van der Waals surface area contributed by atoms with Gasteiger partial charge in [0.25, 0.3) is 0 Å². The molecule has 0 radical (unpaired) electrons. The van der Waals surface area contributed by atoms with Crippen LogP contribution in [0, 0.1) is 6.92 Å². The Kier molecular flexibility index (Phi) is 8.18. The number of urea groups is 1. The quantitative estimate of drug-likeness (QED) is 0.227. The van der Waals surface area contributed by atoms with Gasteiger partial charge in [-0.1, -0.05) is 66.5 Å². The lowest BCUT2D eigenvalue weighted by molar-refractivity contribution is 0.240. The Morgan fingerprint density at radius 3 is 2.67 bits per heavy atom.